The van der Waals surface area contributed by atoms with Gasteiger partial charge in [-0.1, -0.05) is 19.4 Å². The molecule has 0 aromatic carbocycles. The third-order valence-electron chi connectivity index (χ3n) is 3.03. The van der Waals surface area contributed by atoms with Gasteiger partial charge in [0, 0.05) is 13.5 Å². The standard InChI is InChI=1S/C18H26N2O2/c1-5-8-10-16(22-14-19-4)12-18-15(9-6-2)11-17(13-20-18)21-7-3/h5,10-11,13-14H,1,6-9,12H2,2-4H3/b16-10+,19-14?. The van der Waals surface area contributed by atoms with Gasteiger partial charge in [-0.05, 0) is 37.5 Å². The Morgan fingerprint density at radius 1 is 1.41 bits per heavy atom. The fourth-order valence-electron chi connectivity index (χ4n) is 2.07. The van der Waals surface area contributed by atoms with E-state index in [4.69, 9.17) is 9.47 Å². The maximum atomic E-state index is 5.56. The van der Waals surface area contributed by atoms with E-state index in [1.54, 1.807) is 13.2 Å². The molecule has 0 amide bonds. The first-order valence-corrected chi connectivity index (χ1v) is 7.72. The summed E-state index contributed by atoms with van der Waals surface area (Å²) >= 11 is 0. The summed E-state index contributed by atoms with van der Waals surface area (Å²) in [6.07, 6.45) is 10.5. The largest absolute Gasteiger partial charge is 0.492 e. The molecular weight excluding hydrogens is 276 g/mol. The number of pyridine rings is 1. The van der Waals surface area contributed by atoms with E-state index < -0.39 is 0 Å². The lowest BCUT2D eigenvalue weighted by molar-refractivity contribution is 0.338. The van der Waals surface area contributed by atoms with Crippen LogP contribution in [-0.2, 0) is 17.6 Å². The molecule has 0 bridgehead atoms. The highest BCUT2D eigenvalue weighted by Crippen LogP contribution is 2.20. The Labute approximate surface area is 133 Å². The molecule has 1 aromatic heterocycles. The normalized spacial score (nSPS) is 11.7. The van der Waals surface area contributed by atoms with Crippen molar-refractivity contribution in [2.45, 2.75) is 39.5 Å². The van der Waals surface area contributed by atoms with Gasteiger partial charge in [-0.15, -0.1) is 6.58 Å². The van der Waals surface area contributed by atoms with Gasteiger partial charge < -0.3 is 9.47 Å². The molecule has 0 aliphatic heterocycles. The molecule has 0 aliphatic rings. The molecule has 120 valence electrons. The number of aromatic nitrogens is 1. The Kier molecular flexibility index (Phi) is 8.65. The molecule has 0 aliphatic carbocycles. The van der Waals surface area contributed by atoms with Crippen molar-refractivity contribution in [2.24, 2.45) is 4.99 Å². The van der Waals surface area contributed by atoms with E-state index in [0.717, 1.165) is 36.5 Å². The van der Waals surface area contributed by atoms with Gasteiger partial charge in [-0.2, -0.15) is 0 Å². The molecule has 0 fully saturated rings. The first-order valence-electron chi connectivity index (χ1n) is 7.72. The van der Waals surface area contributed by atoms with Crippen LogP contribution in [0.3, 0.4) is 0 Å². The van der Waals surface area contributed by atoms with Gasteiger partial charge in [-0.3, -0.25) is 9.98 Å². The third-order valence-corrected chi connectivity index (χ3v) is 3.03. The fraction of sp³-hybridized carbons (Fsp3) is 0.444. The minimum absolute atomic E-state index is 0.640. The summed E-state index contributed by atoms with van der Waals surface area (Å²) in [5.74, 6) is 1.65. The van der Waals surface area contributed by atoms with E-state index in [2.05, 4.69) is 29.5 Å². The van der Waals surface area contributed by atoms with Crippen LogP contribution >= 0.6 is 0 Å². The molecule has 0 unspecified atom stereocenters. The molecule has 0 saturated heterocycles. The Morgan fingerprint density at radius 3 is 2.86 bits per heavy atom. The molecule has 0 spiro atoms. The van der Waals surface area contributed by atoms with Crippen LogP contribution in [0.1, 0.15) is 37.9 Å². The maximum Gasteiger partial charge on any atom is 0.175 e. The van der Waals surface area contributed by atoms with Crippen molar-refractivity contribution in [2.75, 3.05) is 13.7 Å². The summed E-state index contributed by atoms with van der Waals surface area (Å²) in [6, 6.07) is 2.08. The van der Waals surface area contributed by atoms with E-state index in [9.17, 15) is 0 Å². The Morgan fingerprint density at radius 2 is 2.23 bits per heavy atom. The average molecular weight is 302 g/mol. The minimum atomic E-state index is 0.640. The molecule has 1 aromatic rings. The lowest BCUT2D eigenvalue weighted by Gasteiger charge is -2.12. The zero-order chi connectivity index (χ0) is 16.2. The Bertz CT molecular complexity index is 522. The highest BCUT2D eigenvalue weighted by Gasteiger charge is 2.09. The van der Waals surface area contributed by atoms with Crippen molar-refractivity contribution in [3.05, 3.63) is 48.0 Å². The SMILES string of the molecule is C=CC/C=C(\Cc1ncc(OCC)cc1CCC)OC=NC. The van der Waals surface area contributed by atoms with Crippen molar-refractivity contribution in [3.8, 4) is 5.75 Å². The van der Waals surface area contributed by atoms with Crippen molar-refractivity contribution >= 4 is 6.40 Å². The van der Waals surface area contributed by atoms with Crippen molar-refractivity contribution < 1.29 is 9.47 Å². The van der Waals surface area contributed by atoms with Gasteiger partial charge in [0.05, 0.1) is 18.5 Å². The van der Waals surface area contributed by atoms with Crippen LogP contribution in [0.25, 0.3) is 0 Å². The quantitative estimate of drug-likeness (QED) is 0.283. The van der Waals surface area contributed by atoms with Crippen LogP contribution in [0.4, 0.5) is 0 Å². The van der Waals surface area contributed by atoms with Crippen LogP contribution < -0.4 is 4.74 Å². The molecule has 22 heavy (non-hydrogen) atoms. The first-order chi connectivity index (χ1) is 10.7. The first kappa shape index (κ1) is 18.0. The molecule has 0 radical (unpaired) electrons. The number of hydrogen-bond donors (Lipinski definition) is 0. The number of aliphatic imine (C=N–C) groups is 1. The second-order valence-electron chi connectivity index (χ2n) is 4.81. The van der Waals surface area contributed by atoms with Gasteiger partial charge in [0.25, 0.3) is 0 Å². The summed E-state index contributed by atoms with van der Waals surface area (Å²) in [4.78, 5) is 8.42. The molecule has 0 atom stereocenters. The predicted molar refractivity (Wildman–Crippen MR) is 91.5 cm³/mol. The van der Waals surface area contributed by atoms with E-state index in [1.807, 2.05) is 19.1 Å². The average Bonchev–Trinajstić information content (AvgIpc) is 2.52. The maximum absolute atomic E-state index is 5.56. The van der Waals surface area contributed by atoms with E-state index in [0.29, 0.717) is 13.0 Å². The van der Waals surface area contributed by atoms with Crippen LogP contribution in [0.15, 0.2) is 41.7 Å². The summed E-state index contributed by atoms with van der Waals surface area (Å²) in [7, 11) is 1.68. The van der Waals surface area contributed by atoms with Crippen molar-refractivity contribution in [3.63, 3.8) is 0 Å². The van der Waals surface area contributed by atoms with Crippen LogP contribution in [0, 0.1) is 0 Å². The summed E-state index contributed by atoms with van der Waals surface area (Å²) in [6.45, 7) is 8.51. The van der Waals surface area contributed by atoms with Crippen LogP contribution in [0.5, 0.6) is 5.75 Å². The minimum Gasteiger partial charge on any atom is -0.492 e. The smallest absolute Gasteiger partial charge is 0.175 e. The number of ether oxygens (including phenoxy) is 2. The lowest BCUT2D eigenvalue weighted by atomic mass is 10.0. The van der Waals surface area contributed by atoms with Gasteiger partial charge in [-0.25, -0.2) is 0 Å². The van der Waals surface area contributed by atoms with Crippen LogP contribution in [0.2, 0.25) is 0 Å². The van der Waals surface area contributed by atoms with E-state index >= 15 is 0 Å². The van der Waals surface area contributed by atoms with Crippen LogP contribution in [-0.4, -0.2) is 25.0 Å². The van der Waals surface area contributed by atoms with Gasteiger partial charge in [0.1, 0.15) is 11.5 Å². The van der Waals surface area contributed by atoms with Gasteiger partial charge in [0.15, 0.2) is 6.40 Å². The number of aryl methyl sites for hydroxylation is 1. The second kappa shape index (κ2) is 10.6. The molecule has 1 rings (SSSR count). The van der Waals surface area contributed by atoms with Gasteiger partial charge >= 0.3 is 0 Å². The Balaban J connectivity index is 2.98. The third kappa shape index (κ3) is 6.12. The highest BCUT2D eigenvalue weighted by molar-refractivity contribution is 5.48. The fourth-order valence-corrected chi connectivity index (χ4v) is 2.07. The molecule has 0 saturated carbocycles. The number of hydrogen-bond acceptors (Lipinski definition) is 4. The van der Waals surface area contributed by atoms with E-state index in [1.165, 1.54) is 12.0 Å². The summed E-state index contributed by atoms with van der Waals surface area (Å²) in [5, 5.41) is 0. The van der Waals surface area contributed by atoms with E-state index in [-0.39, 0.29) is 0 Å². The number of rotatable bonds is 10. The van der Waals surface area contributed by atoms with Crippen molar-refractivity contribution in [1.29, 1.82) is 0 Å². The lowest BCUT2D eigenvalue weighted by Crippen LogP contribution is -2.04. The molecule has 4 heteroatoms. The van der Waals surface area contributed by atoms with Crippen molar-refractivity contribution in [1.82, 2.24) is 4.98 Å². The molecule has 0 N–H and O–H groups in total. The topological polar surface area (TPSA) is 43.7 Å². The second-order valence-corrected chi connectivity index (χ2v) is 4.81. The molecule has 4 nitrogen and oxygen atoms in total. The number of allylic oxidation sites excluding steroid dienone is 3. The zero-order valence-electron chi connectivity index (χ0n) is 13.8. The number of nitrogens with zero attached hydrogens (tertiary/aromatic N) is 2. The molecular formula is C18H26N2O2. The Hall–Kier alpha value is -2.10. The zero-order valence-corrected chi connectivity index (χ0v) is 13.8. The monoisotopic (exact) mass is 302 g/mol. The molecule has 1 heterocycles. The van der Waals surface area contributed by atoms with Gasteiger partial charge in [0.2, 0.25) is 0 Å². The summed E-state index contributed by atoms with van der Waals surface area (Å²) in [5.41, 5.74) is 2.22. The predicted octanol–water partition coefficient (Wildman–Crippen LogP) is 4.11. The summed E-state index contributed by atoms with van der Waals surface area (Å²) < 4.78 is 11.1. The highest BCUT2D eigenvalue weighted by atomic mass is 16.5.